The lowest BCUT2D eigenvalue weighted by molar-refractivity contribution is 0.115. The van der Waals surface area contributed by atoms with E-state index in [9.17, 15) is 0 Å². The topological polar surface area (TPSA) is 44.5 Å². The lowest BCUT2D eigenvalue weighted by atomic mass is 10.1. The average Bonchev–Trinajstić information content (AvgIpc) is 3.18. The Labute approximate surface area is 103 Å². The fourth-order valence-electron chi connectivity index (χ4n) is 1.81. The second kappa shape index (κ2) is 6.03. The third-order valence-corrected chi connectivity index (χ3v) is 3.21. The first-order valence-electron chi connectivity index (χ1n) is 6.27. The number of ether oxygens (including phenoxy) is 2. The molecule has 3 nitrogen and oxygen atoms in total. The standard InChI is InChI=1S/C14H21NO2/c1-16-13-6-4-12(5-7-13)14(15)10-17-9-8-11-2-3-11/h4-7,11,14H,2-3,8-10,15H2,1H3. The fraction of sp³-hybridized carbons (Fsp3) is 0.571. The van der Waals surface area contributed by atoms with Crippen LogP contribution in [-0.2, 0) is 4.74 Å². The molecular formula is C14H21NO2. The van der Waals surface area contributed by atoms with Crippen LogP contribution in [0.2, 0.25) is 0 Å². The van der Waals surface area contributed by atoms with E-state index >= 15 is 0 Å². The largest absolute Gasteiger partial charge is 0.497 e. The van der Waals surface area contributed by atoms with Gasteiger partial charge >= 0.3 is 0 Å². The van der Waals surface area contributed by atoms with Gasteiger partial charge in [0.1, 0.15) is 5.75 Å². The zero-order valence-electron chi connectivity index (χ0n) is 10.4. The highest BCUT2D eigenvalue weighted by atomic mass is 16.5. The Balaban J connectivity index is 1.71. The molecule has 17 heavy (non-hydrogen) atoms. The molecule has 1 aliphatic rings. The Kier molecular flexibility index (Phi) is 4.40. The van der Waals surface area contributed by atoms with Crippen molar-refractivity contribution in [2.24, 2.45) is 11.7 Å². The number of rotatable bonds is 7. The molecule has 0 amide bonds. The van der Waals surface area contributed by atoms with Gasteiger partial charge in [0.15, 0.2) is 0 Å². The predicted molar refractivity (Wildman–Crippen MR) is 68.1 cm³/mol. The Hall–Kier alpha value is -1.06. The molecule has 1 saturated carbocycles. The molecule has 0 aromatic heterocycles. The summed E-state index contributed by atoms with van der Waals surface area (Å²) in [7, 11) is 1.66. The summed E-state index contributed by atoms with van der Waals surface area (Å²) in [5, 5.41) is 0. The quantitative estimate of drug-likeness (QED) is 0.738. The molecule has 1 atom stereocenters. The van der Waals surface area contributed by atoms with Gasteiger partial charge in [-0.15, -0.1) is 0 Å². The normalized spacial score (nSPS) is 16.8. The van der Waals surface area contributed by atoms with Crippen molar-refractivity contribution in [2.75, 3.05) is 20.3 Å². The summed E-state index contributed by atoms with van der Waals surface area (Å²) < 4.78 is 10.7. The van der Waals surface area contributed by atoms with E-state index in [2.05, 4.69) is 0 Å². The summed E-state index contributed by atoms with van der Waals surface area (Å²) in [5.41, 5.74) is 7.15. The van der Waals surface area contributed by atoms with Crippen LogP contribution < -0.4 is 10.5 Å². The maximum Gasteiger partial charge on any atom is 0.118 e. The number of methoxy groups -OCH3 is 1. The molecule has 1 aromatic carbocycles. The van der Waals surface area contributed by atoms with Crippen molar-refractivity contribution >= 4 is 0 Å². The molecule has 1 aromatic rings. The minimum absolute atomic E-state index is 0.0416. The molecule has 0 spiro atoms. The third kappa shape index (κ3) is 4.02. The Bertz CT molecular complexity index is 333. The van der Waals surface area contributed by atoms with Gasteiger partial charge in [-0.25, -0.2) is 0 Å². The van der Waals surface area contributed by atoms with Crippen molar-refractivity contribution in [3.63, 3.8) is 0 Å². The molecule has 0 heterocycles. The van der Waals surface area contributed by atoms with E-state index in [1.54, 1.807) is 7.11 Å². The molecule has 2 rings (SSSR count). The van der Waals surface area contributed by atoms with Crippen molar-refractivity contribution in [1.82, 2.24) is 0 Å². The lowest BCUT2D eigenvalue weighted by Crippen LogP contribution is -2.17. The number of hydrogen-bond donors (Lipinski definition) is 1. The highest BCUT2D eigenvalue weighted by molar-refractivity contribution is 5.28. The summed E-state index contributed by atoms with van der Waals surface area (Å²) in [6, 6.07) is 7.81. The van der Waals surface area contributed by atoms with Gasteiger partial charge < -0.3 is 15.2 Å². The van der Waals surface area contributed by atoms with Gasteiger partial charge in [-0.3, -0.25) is 0 Å². The van der Waals surface area contributed by atoms with E-state index in [0.717, 1.165) is 23.8 Å². The molecule has 2 N–H and O–H groups in total. The van der Waals surface area contributed by atoms with E-state index in [4.69, 9.17) is 15.2 Å². The molecule has 0 saturated heterocycles. The van der Waals surface area contributed by atoms with Gasteiger partial charge in [-0.2, -0.15) is 0 Å². The van der Waals surface area contributed by atoms with Crippen LogP contribution in [0.1, 0.15) is 30.9 Å². The molecule has 0 bridgehead atoms. The number of nitrogens with two attached hydrogens (primary N) is 1. The van der Waals surface area contributed by atoms with Crippen molar-refractivity contribution < 1.29 is 9.47 Å². The van der Waals surface area contributed by atoms with E-state index in [1.165, 1.54) is 19.3 Å². The fourth-order valence-corrected chi connectivity index (χ4v) is 1.81. The van der Waals surface area contributed by atoms with Crippen molar-refractivity contribution in [3.05, 3.63) is 29.8 Å². The average molecular weight is 235 g/mol. The van der Waals surface area contributed by atoms with Crippen LogP contribution in [-0.4, -0.2) is 20.3 Å². The molecule has 0 radical (unpaired) electrons. The van der Waals surface area contributed by atoms with Crippen LogP contribution in [0.4, 0.5) is 0 Å². The summed E-state index contributed by atoms with van der Waals surface area (Å²) in [4.78, 5) is 0. The lowest BCUT2D eigenvalue weighted by Gasteiger charge is -2.13. The first kappa shape index (κ1) is 12.4. The third-order valence-electron chi connectivity index (χ3n) is 3.21. The highest BCUT2D eigenvalue weighted by Gasteiger charge is 2.20. The van der Waals surface area contributed by atoms with Crippen LogP contribution in [0.5, 0.6) is 5.75 Å². The molecule has 1 fully saturated rings. The van der Waals surface area contributed by atoms with Crippen LogP contribution >= 0.6 is 0 Å². The zero-order valence-corrected chi connectivity index (χ0v) is 10.4. The first-order valence-corrected chi connectivity index (χ1v) is 6.27. The zero-order chi connectivity index (χ0) is 12.1. The van der Waals surface area contributed by atoms with Crippen LogP contribution in [0.15, 0.2) is 24.3 Å². The van der Waals surface area contributed by atoms with Crippen molar-refractivity contribution in [2.45, 2.75) is 25.3 Å². The molecule has 0 aliphatic heterocycles. The molecular weight excluding hydrogens is 214 g/mol. The van der Waals surface area contributed by atoms with E-state index in [1.807, 2.05) is 24.3 Å². The molecule has 1 aliphatic carbocycles. The minimum atomic E-state index is -0.0416. The summed E-state index contributed by atoms with van der Waals surface area (Å²) >= 11 is 0. The Morgan fingerprint density at radius 2 is 2.00 bits per heavy atom. The predicted octanol–water partition coefficient (Wildman–Crippen LogP) is 2.51. The van der Waals surface area contributed by atoms with Crippen LogP contribution in [0.25, 0.3) is 0 Å². The van der Waals surface area contributed by atoms with Crippen LogP contribution in [0.3, 0.4) is 0 Å². The minimum Gasteiger partial charge on any atom is -0.497 e. The summed E-state index contributed by atoms with van der Waals surface area (Å²) in [6.07, 6.45) is 3.96. The van der Waals surface area contributed by atoms with Gasteiger partial charge in [0.25, 0.3) is 0 Å². The molecule has 1 unspecified atom stereocenters. The van der Waals surface area contributed by atoms with Crippen molar-refractivity contribution in [3.8, 4) is 5.75 Å². The maximum atomic E-state index is 6.05. The number of benzene rings is 1. The van der Waals surface area contributed by atoms with Gasteiger partial charge in [0.2, 0.25) is 0 Å². The van der Waals surface area contributed by atoms with Crippen LogP contribution in [0, 0.1) is 5.92 Å². The van der Waals surface area contributed by atoms with E-state index < -0.39 is 0 Å². The first-order chi connectivity index (χ1) is 8.29. The van der Waals surface area contributed by atoms with E-state index in [0.29, 0.717) is 6.61 Å². The van der Waals surface area contributed by atoms with Gasteiger partial charge in [-0.1, -0.05) is 25.0 Å². The molecule has 3 heteroatoms. The van der Waals surface area contributed by atoms with E-state index in [-0.39, 0.29) is 6.04 Å². The van der Waals surface area contributed by atoms with Gasteiger partial charge in [-0.05, 0) is 30.0 Å². The SMILES string of the molecule is COc1ccc(C(N)COCCC2CC2)cc1. The summed E-state index contributed by atoms with van der Waals surface area (Å²) in [6.45, 7) is 1.44. The Morgan fingerprint density at radius 3 is 2.59 bits per heavy atom. The summed E-state index contributed by atoms with van der Waals surface area (Å²) in [5.74, 6) is 1.78. The molecule has 94 valence electrons. The number of hydrogen-bond acceptors (Lipinski definition) is 3. The smallest absolute Gasteiger partial charge is 0.118 e. The highest BCUT2D eigenvalue weighted by Crippen LogP contribution is 2.32. The van der Waals surface area contributed by atoms with Crippen molar-refractivity contribution in [1.29, 1.82) is 0 Å². The maximum absolute atomic E-state index is 6.05. The Morgan fingerprint density at radius 1 is 1.29 bits per heavy atom. The second-order valence-electron chi connectivity index (χ2n) is 4.69. The second-order valence-corrected chi connectivity index (χ2v) is 4.69. The monoisotopic (exact) mass is 235 g/mol. The van der Waals surface area contributed by atoms with Gasteiger partial charge in [0, 0.05) is 6.61 Å². The van der Waals surface area contributed by atoms with Gasteiger partial charge in [0.05, 0.1) is 19.8 Å².